The van der Waals surface area contributed by atoms with Crippen LogP contribution in [0.2, 0.25) is 0 Å². The maximum atomic E-state index is 5.82. The molecule has 0 saturated carbocycles. The molecule has 0 amide bonds. The molecule has 17 heavy (non-hydrogen) atoms. The molecule has 0 fully saturated rings. The maximum absolute atomic E-state index is 5.82. The molecule has 0 aliphatic heterocycles. The van der Waals surface area contributed by atoms with E-state index in [0.29, 0.717) is 6.04 Å². The highest BCUT2D eigenvalue weighted by Gasteiger charge is 2.10. The summed E-state index contributed by atoms with van der Waals surface area (Å²) in [6.45, 7) is 8.27. The van der Waals surface area contributed by atoms with E-state index in [1.165, 1.54) is 5.56 Å². The molecule has 0 aliphatic rings. The minimum absolute atomic E-state index is 0.283. The summed E-state index contributed by atoms with van der Waals surface area (Å²) in [5, 5.41) is 3.38. The molecule has 2 atom stereocenters. The molecule has 2 unspecified atom stereocenters. The number of benzene rings is 1. The van der Waals surface area contributed by atoms with Crippen molar-refractivity contribution in [3.05, 3.63) is 35.9 Å². The molecule has 1 aromatic carbocycles. The predicted molar refractivity (Wildman–Crippen MR) is 73.3 cm³/mol. The SMILES string of the molecule is CCNC(C)C(C)OCCCc1ccccc1. The van der Waals surface area contributed by atoms with Crippen molar-refractivity contribution in [1.82, 2.24) is 5.32 Å². The highest BCUT2D eigenvalue weighted by atomic mass is 16.5. The van der Waals surface area contributed by atoms with Gasteiger partial charge in [0.1, 0.15) is 0 Å². The molecule has 2 nitrogen and oxygen atoms in total. The Bertz CT molecular complexity index is 286. The van der Waals surface area contributed by atoms with Crippen molar-refractivity contribution in [2.75, 3.05) is 13.2 Å². The van der Waals surface area contributed by atoms with Gasteiger partial charge in [-0.15, -0.1) is 0 Å². The van der Waals surface area contributed by atoms with Gasteiger partial charge in [0.2, 0.25) is 0 Å². The lowest BCUT2D eigenvalue weighted by Crippen LogP contribution is -2.37. The normalized spacial score (nSPS) is 14.5. The molecule has 0 bridgehead atoms. The lowest BCUT2D eigenvalue weighted by Gasteiger charge is -2.21. The highest BCUT2D eigenvalue weighted by Crippen LogP contribution is 2.04. The van der Waals surface area contributed by atoms with Crippen LogP contribution in [-0.2, 0) is 11.2 Å². The Hall–Kier alpha value is -0.860. The molecule has 96 valence electrons. The zero-order valence-electron chi connectivity index (χ0n) is 11.3. The van der Waals surface area contributed by atoms with Crippen molar-refractivity contribution in [1.29, 1.82) is 0 Å². The Kier molecular flexibility index (Phi) is 6.90. The highest BCUT2D eigenvalue weighted by molar-refractivity contribution is 5.14. The third kappa shape index (κ3) is 5.85. The minimum Gasteiger partial charge on any atom is -0.377 e. The molecule has 0 aliphatic carbocycles. The molecule has 1 N–H and O–H groups in total. The number of hydrogen-bond donors (Lipinski definition) is 1. The monoisotopic (exact) mass is 235 g/mol. The summed E-state index contributed by atoms with van der Waals surface area (Å²) >= 11 is 0. The van der Waals surface area contributed by atoms with Gasteiger partial charge in [-0.2, -0.15) is 0 Å². The first-order chi connectivity index (χ1) is 8.24. The lowest BCUT2D eigenvalue weighted by atomic mass is 10.1. The molecule has 0 radical (unpaired) electrons. The van der Waals surface area contributed by atoms with Crippen molar-refractivity contribution in [3.8, 4) is 0 Å². The van der Waals surface area contributed by atoms with Crippen LogP contribution in [0.15, 0.2) is 30.3 Å². The Labute approximate surface area is 105 Å². The molecular weight excluding hydrogens is 210 g/mol. The predicted octanol–water partition coefficient (Wildman–Crippen LogP) is 3.02. The quantitative estimate of drug-likeness (QED) is 0.699. The summed E-state index contributed by atoms with van der Waals surface area (Å²) in [5.41, 5.74) is 1.39. The largest absolute Gasteiger partial charge is 0.377 e. The second-order valence-electron chi connectivity index (χ2n) is 4.51. The Morgan fingerprint density at radius 2 is 1.88 bits per heavy atom. The standard InChI is InChI=1S/C15H25NO/c1-4-16-13(2)14(3)17-12-8-11-15-9-6-5-7-10-15/h5-7,9-10,13-14,16H,4,8,11-12H2,1-3H3. The zero-order chi connectivity index (χ0) is 12.5. The van der Waals surface area contributed by atoms with E-state index in [-0.39, 0.29) is 6.10 Å². The van der Waals surface area contributed by atoms with Crippen LogP contribution < -0.4 is 5.32 Å². The summed E-state index contributed by atoms with van der Waals surface area (Å²) in [6.07, 6.45) is 2.47. The summed E-state index contributed by atoms with van der Waals surface area (Å²) in [6, 6.07) is 11.0. The van der Waals surface area contributed by atoms with Crippen molar-refractivity contribution >= 4 is 0 Å². The van der Waals surface area contributed by atoms with Gasteiger partial charge in [-0.1, -0.05) is 37.3 Å². The van der Waals surface area contributed by atoms with Crippen LogP contribution >= 0.6 is 0 Å². The van der Waals surface area contributed by atoms with Crippen LogP contribution in [0.25, 0.3) is 0 Å². The second-order valence-corrected chi connectivity index (χ2v) is 4.51. The average Bonchev–Trinajstić information content (AvgIpc) is 2.36. The third-order valence-corrected chi connectivity index (χ3v) is 3.06. The summed E-state index contributed by atoms with van der Waals surface area (Å²) in [7, 11) is 0. The second kappa shape index (κ2) is 8.26. The van der Waals surface area contributed by atoms with Gasteiger partial charge in [-0.25, -0.2) is 0 Å². The third-order valence-electron chi connectivity index (χ3n) is 3.06. The Morgan fingerprint density at radius 3 is 2.53 bits per heavy atom. The van der Waals surface area contributed by atoms with Crippen molar-refractivity contribution in [3.63, 3.8) is 0 Å². The molecule has 1 aromatic rings. The van der Waals surface area contributed by atoms with Gasteiger partial charge < -0.3 is 10.1 Å². The van der Waals surface area contributed by atoms with Gasteiger partial charge in [-0.05, 0) is 38.8 Å². The van der Waals surface area contributed by atoms with Crippen molar-refractivity contribution in [2.45, 2.75) is 45.8 Å². The smallest absolute Gasteiger partial charge is 0.0697 e. The van der Waals surface area contributed by atoms with E-state index >= 15 is 0 Å². The van der Waals surface area contributed by atoms with E-state index in [1.54, 1.807) is 0 Å². The lowest BCUT2D eigenvalue weighted by molar-refractivity contribution is 0.0424. The van der Waals surface area contributed by atoms with Gasteiger partial charge in [0.15, 0.2) is 0 Å². The van der Waals surface area contributed by atoms with Crippen molar-refractivity contribution < 1.29 is 4.74 Å². The zero-order valence-corrected chi connectivity index (χ0v) is 11.3. The average molecular weight is 235 g/mol. The molecule has 1 rings (SSSR count). The molecule has 0 saturated heterocycles. The van der Waals surface area contributed by atoms with Crippen LogP contribution in [0, 0.1) is 0 Å². The van der Waals surface area contributed by atoms with Gasteiger partial charge in [-0.3, -0.25) is 0 Å². The van der Waals surface area contributed by atoms with E-state index in [4.69, 9.17) is 4.74 Å². The summed E-state index contributed by atoms with van der Waals surface area (Å²) in [5.74, 6) is 0. The van der Waals surface area contributed by atoms with Gasteiger partial charge in [0.25, 0.3) is 0 Å². The molecular formula is C15H25NO. The maximum Gasteiger partial charge on any atom is 0.0697 e. The van der Waals surface area contributed by atoms with Crippen LogP contribution in [0.3, 0.4) is 0 Å². The van der Waals surface area contributed by atoms with E-state index < -0.39 is 0 Å². The number of hydrogen-bond acceptors (Lipinski definition) is 2. The molecule has 0 heterocycles. The fraction of sp³-hybridized carbons (Fsp3) is 0.600. The topological polar surface area (TPSA) is 21.3 Å². The fourth-order valence-corrected chi connectivity index (χ4v) is 1.82. The number of ether oxygens (including phenoxy) is 1. The number of likely N-dealkylation sites (N-methyl/N-ethyl adjacent to an activating group) is 1. The first-order valence-electron chi connectivity index (χ1n) is 6.63. The van der Waals surface area contributed by atoms with Crippen LogP contribution in [-0.4, -0.2) is 25.3 Å². The fourth-order valence-electron chi connectivity index (χ4n) is 1.82. The van der Waals surface area contributed by atoms with E-state index in [1.807, 2.05) is 0 Å². The Morgan fingerprint density at radius 1 is 1.18 bits per heavy atom. The first kappa shape index (κ1) is 14.2. The Balaban J connectivity index is 2.12. The van der Waals surface area contributed by atoms with Gasteiger partial charge >= 0.3 is 0 Å². The van der Waals surface area contributed by atoms with Gasteiger partial charge in [0, 0.05) is 12.6 Å². The first-order valence-corrected chi connectivity index (χ1v) is 6.63. The van der Waals surface area contributed by atoms with Crippen LogP contribution in [0.1, 0.15) is 32.8 Å². The molecule has 0 spiro atoms. The molecule has 2 heteroatoms. The minimum atomic E-state index is 0.283. The summed E-state index contributed by atoms with van der Waals surface area (Å²) in [4.78, 5) is 0. The summed E-state index contributed by atoms with van der Waals surface area (Å²) < 4.78 is 5.82. The van der Waals surface area contributed by atoms with E-state index in [9.17, 15) is 0 Å². The molecule has 0 aromatic heterocycles. The van der Waals surface area contributed by atoms with Crippen molar-refractivity contribution in [2.24, 2.45) is 0 Å². The number of nitrogens with one attached hydrogen (secondary N) is 1. The number of rotatable bonds is 8. The van der Waals surface area contributed by atoms with E-state index in [0.717, 1.165) is 26.0 Å². The van der Waals surface area contributed by atoms with Crippen LogP contribution in [0.4, 0.5) is 0 Å². The van der Waals surface area contributed by atoms with E-state index in [2.05, 4.69) is 56.4 Å². The number of aryl methyl sites for hydroxylation is 1. The van der Waals surface area contributed by atoms with Gasteiger partial charge in [0.05, 0.1) is 6.10 Å². The van der Waals surface area contributed by atoms with Crippen LogP contribution in [0.5, 0.6) is 0 Å².